The molecule has 0 aliphatic heterocycles. The van der Waals surface area contributed by atoms with Crippen molar-refractivity contribution in [1.82, 2.24) is 0 Å². The van der Waals surface area contributed by atoms with E-state index in [1.54, 1.807) is 0 Å². The van der Waals surface area contributed by atoms with Gasteiger partial charge in [0.2, 0.25) is 0 Å². The Balaban J connectivity index is 4.22. The Morgan fingerprint density at radius 2 is 0.579 bits per heavy atom. The fourth-order valence-electron chi connectivity index (χ4n) is 7.64. The van der Waals surface area contributed by atoms with Gasteiger partial charge in [-0.2, -0.15) is 0 Å². The van der Waals surface area contributed by atoms with E-state index in [0.29, 0.717) is 19.3 Å². The van der Waals surface area contributed by atoms with Crippen LogP contribution in [0.2, 0.25) is 0 Å². The summed E-state index contributed by atoms with van der Waals surface area (Å²) in [6, 6.07) is 0. The van der Waals surface area contributed by atoms with Crippen molar-refractivity contribution in [3.8, 4) is 0 Å². The second-order valence-corrected chi connectivity index (χ2v) is 18.4. The van der Waals surface area contributed by atoms with Gasteiger partial charge in [0.15, 0.2) is 6.10 Å². The van der Waals surface area contributed by atoms with Gasteiger partial charge in [-0.1, -0.05) is 240 Å². The van der Waals surface area contributed by atoms with Gasteiger partial charge in [0.25, 0.3) is 0 Å². The third-order valence-corrected chi connectivity index (χ3v) is 11.5. The standard InChI is InChI=1S/C51H98O6/c1-6-7-8-9-10-11-12-13-14-15-16-17-18-19-22-25-31-36-41-49(52)55-44-48(57-51(54)43-38-33-28-27-30-35-40-47(4)5)45-56-50(53)42-37-32-26-23-20-21-24-29-34-39-46(2)3/h46-48H,6-45H2,1-5H3/t48-/m0/s1. The molecule has 0 N–H and O–H groups in total. The predicted octanol–water partition coefficient (Wildman–Crippen LogP) is 16.1. The number of hydrogen-bond acceptors (Lipinski definition) is 6. The van der Waals surface area contributed by atoms with Crippen LogP contribution < -0.4 is 0 Å². The lowest BCUT2D eigenvalue weighted by Gasteiger charge is -2.18. The second-order valence-electron chi connectivity index (χ2n) is 18.4. The summed E-state index contributed by atoms with van der Waals surface area (Å²) in [5.74, 6) is 0.710. The van der Waals surface area contributed by atoms with Crippen molar-refractivity contribution < 1.29 is 28.6 Å². The summed E-state index contributed by atoms with van der Waals surface area (Å²) in [5.41, 5.74) is 0. The normalized spacial score (nSPS) is 12.1. The first-order valence-corrected chi connectivity index (χ1v) is 25.2. The molecule has 6 nitrogen and oxygen atoms in total. The summed E-state index contributed by atoms with van der Waals surface area (Å²) in [6.07, 6.45) is 44.0. The summed E-state index contributed by atoms with van der Waals surface area (Å²) in [4.78, 5) is 37.8. The van der Waals surface area contributed by atoms with Crippen LogP contribution in [0.4, 0.5) is 0 Å². The Bertz CT molecular complexity index is 870. The van der Waals surface area contributed by atoms with Crippen LogP contribution in [0.3, 0.4) is 0 Å². The topological polar surface area (TPSA) is 78.9 Å². The van der Waals surface area contributed by atoms with Crippen LogP contribution in [0.25, 0.3) is 0 Å². The summed E-state index contributed by atoms with van der Waals surface area (Å²) in [5, 5.41) is 0. The molecule has 0 aliphatic carbocycles. The largest absolute Gasteiger partial charge is 0.462 e. The van der Waals surface area contributed by atoms with E-state index in [-0.39, 0.29) is 31.1 Å². The van der Waals surface area contributed by atoms with E-state index in [2.05, 4.69) is 34.6 Å². The van der Waals surface area contributed by atoms with Crippen LogP contribution in [-0.4, -0.2) is 37.2 Å². The average molecular weight is 807 g/mol. The highest BCUT2D eigenvalue weighted by Gasteiger charge is 2.19. The predicted molar refractivity (Wildman–Crippen MR) is 243 cm³/mol. The highest BCUT2D eigenvalue weighted by molar-refractivity contribution is 5.71. The van der Waals surface area contributed by atoms with Gasteiger partial charge >= 0.3 is 17.9 Å². The summed E-state index contributed by atoms with van der Waals surface area (Å²) >= 11 is 0. The fourth-order valence-corrected chi connectivity index (χ4v) is 7.64. The fraction of sp³-hybridized carbons (Fsp3) is 0.941. The van der Waals surface area contributed by atoms with Gasteiger partial charge in [-0.3, -0.25) is 14.4 Å². The molecular formula is C51H98O6. The Labute approximate surface area is 355 Å². The number of unbranched alkanes of at least 4 members (excludes halogenated alkanes) is 30. The maximum atomic E-state index is 12.7. The average Bonchev–Trinajstić information content (AvgIpc) is 3.18. The first-order chi connectivity index (χ1) is 27.7. The minimum absolute atomic E-state index is 0.0653. The molecule has 0 saturated carbocycles. The number of ether oxygens (including phenoxy) is 3. The van der Waals surface area contributed by atoms with Crippen molar-refractivity contribution >= 4 is 17.9 Å². The molecule has 57 heavy (non-hydrogen) atoms. The Morgan fingerprint density at radius 1 is 0.333 bits per heavy atom. The van der Waals surface area contributed by atoms with Crippen LogP contribution in [-0.2, 0) is 28.6 Å². The zero-order chi connectivity index (χ0) is 41.9. The van der Waals surface area contributed by atoms with E-state index >= 15 is 0 Å². The van der Waals surface area contributed by atoms with Crippen molar-refractivity contribution in [2.45, 2.75) is 285 Å². The molecule has 6 heteroatoms. The molecule has 1 atom stereocenters. The molecule has 0 amide bonds. The lowest BCUT2D eigenvalue weighted by Crippen LogP contribution is -2.30. The Hall–Kier alpha value is -1.59. The third-order valence-electron chi connectivity index (χ3n) is 11.5. The van der Waals surface area contributed by atoms with E-state index < -0.39 is 6.10 Å². The second kappa shape index (κ2) is 44.0. The lowest BCUT2D eigenvalue weighted by atomic mass is 10.0. The van der Waals surface area contributed by atoms with Crippen LogP contribution in [0.15, 0.2) is 0 Å². The first-order valence-electron chi connectivity index (χ1n) is 25.2. The number of hydrogen-bond donors (Lipinski definition) is 0. The molecule has 0 aliphatic rings. The van der Waals surface area contributed by atoms with E-state index in [9.17, 15) is 14.4 Å². The molecule has 0 radical (unpaired) electrons. The van der Waals surface area contributed by atoms with Crippen LogP contribution in [0.5, 0.6) is 0 Å². The lowest BCUT2D eigenvalue weighted by molar-refractivity contribution is -0.167. The molecule has 0 fully saturated rings. The van der Waals surface area contributed by atoms with E-state index in [1.807, 2.05) is 0 Å². The SMILES string of the molecule is CCCCCCCCCCCCCCCCCCCCC(=O)OC[C@@H](COC(=O)CCCCCCCCCCCC(C)C)OC(=O)CCCCCCCCC(C)C. The summed E-state index contributed by atoms with van der Waals surface area (Å²) in [6.45, 7) is 11.3. The monoisotopic (exact) mass is 807 g/mol. The molecule has 0 bridgehead atoms. The summed E-state index contributed by atoms with van der Waals surface area (Å²) < 4.78 is 16.8. The molecule has 0 heterocycles. The highest BCUT2D eigenvalue weighted by Crippen LogP contribution is 2.17. The molecule has 0 rings (SSSR count). The number of rotatable bonds is 45. The van der Waals surface area contributed by atoms with Crippen molar-refractivity contribution in [2.75, 3.05) is 13.2 Å². The van der Waals surface area contributed by atoms with Crippen molar-refractivity contribution in [2.24, 2.45) is 11.8 Å². The van der Waals surface area contributed by atoms with Gasteiger partial charge < -0.3 is 14.2 Å². The molecule has 0 spiro atoms. The molecule has 0 saturated heterocycles. The van der Waals surface area contributed by atoms with E-state index in [0.717, 1.165) is 69.6 Å². The third kappa shape index (κ3) is 45.3. The Morgan fingerprint density at radius 3 is 0.860 bits per heavy atom. The van der Waals surface area contributed by atoms with Crippen molar-refractivity contribution in [3.05, 3.63) is 0 Å². The van der Waals surface area contributed by atoms with Crippen LogP contribution in [0.1, 0.15) is 279 Å². The van der Waals surface area contributed by atoms with E-state index in [1.165, 1.54) is 167 Å². The highest BCUT2D eigenvalue weighted by atomic mass is 16.6. The van der Waals surface area contributed by atoms with Gasteiger partial charge in [-0.15, -0.1) is 0 Å². The number of carbonyl (C=O) groups is 3. The minimum atomic E-state index is -0.762. The van der Waals surface area contributed by atoms with Gasteiger partial charge in [-0.05, 0) is 31.1 Å². The zero-order valence-corrected chi connectivity index (χ0v) is 39.0. The smallest absolute Gasteiger partial charge is 0.306 e. The van der Waals surface area contributed by atoms with Gasteiger partial charge in [0.05, 0.1) is 0 Å². The molecule has 0 aromatic carbocycles. The van der Waals surface area contributed by atoms with Crippen LogP contribution in [0, 0.1) is 11.8 Å². The van der Waals surface area contributed by atoms with Crippen molar-refractivity contribution in [1.29, 1.82) is 0 Å². The van der Waals surface area contributed by atoms with Gasteiger partial charge in [-0.25, -0.2) is 0 Å². The number of carbonyl (C=O) groups excluding carboxylic acids is 3. The quantitative estimate of drug-likeness (QED) is 0.0346. The zero-order valence-electron chi connectivity index (χ0n) is 39.0. The molecule has 0 unspecified atom stereocenters. The molecule has 338 valence electrons. The maximum Gasteiger partial charge on any atom is 0.306 e. The minimum Gasteiger partial charge on any atom is -0.462 e. The molecule has 0 aromatic heterocycles. The summed E-state index contributed by atoms with van der Waals surface area (Å²) in [7, 11) is 0. The molecule has 0 aromatic rings. The first kappa shape index (κ1) is 55.4. The van der Waals surface area contributed by atoms with Gasteiger partial charge in [0.1, 0.15) is 13.2 Å². The Kier molecular flexibility index (Phi) is 42.7. The van der Waals surface area contributed by atoms with Crippen molar-refractivity contribution in [3.63, 3.8) is 0 Å². The molecular weight excluding hydrogens is 709 g/mol. The van der Waals surface area contributed by atoms with E-state index in [4.69, 9.17) is 14.2 Å². The van der Waals surface area contributed by atoms with Crippen LogP contribution >= 0.6 is 0 Å². The maximum absolute atomic E-state index is 12.7. The number of esters is 3. The van der Waals surface area contributed by atoms with Gasteiger partial charge in [0, 0.05) is 19.3 Å².